The van der Waals surface area contributed by atoms with E-state index < -0.39 is 6.10 Å². The van der Waals surface area contributed by atoms with E-state index in [0.29, 0.717) is 12.2 Å². The van der Waals surface area contributed by atoms with E-state index in [4.69, 9.17) is 0 Å². The third-order valence-electron chi connectivity index (χ3n) is 3.16. The van der Waals surface area contributed by atoms with Gasteiger partial charge in [-0.15, -0.1) is 0 Å². The van der Waals surface area contributed by atoms with Crippen molar-refractivity contribution in [2.45, 2.75) is 19.6 Å². The maximum Gasteiger partial charge on any atom is 0.321 e. The van der Waals surface area contributed by atoms with E-state index in [1.54, 1.807) is 55.5 Å². The summed E-state index contributed by atoms with van der Waals surface area (Å²) in [6, 6.07) is 10.7. The van der Waals surface area contributed by atoms with Gasteiger partial charge in [-0.1, -0.05) is 12.1 Å². The molecule has 0 fully saturated rings. The molecule has 0 aliphatic heterocycles. The molecule has 21 heavy (non-hydrogen) atoms. The number of nitrogens with one attached hydrogen (secondary N) is 1. The van der Waals surface area contributed by atoms with Crippen LogP contribution in [-0.2, 0) is 6.54 Å². The van der Waals surface area contributed by atoms with Crippen molar-refractivity contribution in [2.75, 3.05) is 12.4 Å². The number of aliphatic hydroxyl groups is 1. The number of amides is 2. The molecular formula is C16H19N3O2. The van der Waals surface area contributed by atoms with E-state index in [-0.39, 0.29) is 6.03 Å². The molecule has 5 heteroatoms. The second-order valence-corrected chi connectivity index (χ2v) is 4.94. The lowest BCUT2D eigenvalue weighted by Crippen LogP contribution is -2.30. The largest absolute Gasteiger partial charge is 0.389 e. The van der Waals surface area contributed by atoms with Crippen molar-refractivity contribution in [1.29, 1.82) is 0 Å². The lowest BCUT2D eigenvalue weighted by Gasteiger charge is -2.18. The Balaban J connectivity index is 1.94. The summed E-state index contributed by atoms with van der Waals surface area (Å²) in [6.45, 7) is 2.22. The van der Waals surface area contributed by atoms with Gasteiger partial charge in [0.15, 0.2) is 0 Å². The molecule has 0 radical (unpaired) electrons. The van der Waals surface area contributed by atoms with Crippen molar-refractivity contribution in [1.82, 2.24) is 9.88 Å². The first-order valence-corrected chi connectivity index (χ1v) is 6.75. The van der Waals surface area contributed by atoms with Gasteiger partial charge >= 0.3 is 6.03 Å². The van der Waals surface area contributed by atoms with Crippen molar-refractivity contribution in [3.05, 3.63) is 59.9 Å². The monoisotopic (exact) mass is 285 g/mol. The number of hydrogen-bond donors (Lipinski definition) is 2. The molecule has 1 aromatic carbocycles. The van der Waals surface area contributed by atoms with E-state index in [0.717, 1.165) is 11.1 Å². The minimum absolute atomic E-state index is 0.184. The fourth-order valence-electron chi connectivity index (χ4n) is 1.90. The average Bonchev–Trinajstić information content (AvgIpc) is 2.48. The Morgan fingerprint density at radius 3 is 2.43 bits per heavy atom. The number of hydrogen-bond acceptors (Lipinski definition) is 3. The highest BCUT2D eigenvalue weighted by molar-refractivity contribution is 5.89. The smallest absolute Gasteiger partial charge is 0.321 e. The van der Waals surface area contributed by atoms with Gasteiger partial charge in [0.1, 0.15) is 0 Å². The summed E-state index contributed by atoms with van der Waals surface area (Å²) in [6.07, 6.45) is 2.90. The molecular weight excluding hydrogens is 266 g/mol. The minimum atomic E-state index is -0.510. The Morgan fingerprint density at radius 1 is 1.24 bits per heavy atom. The molecule has 0 saturated heterocycles. The Labute approximate surface area is 124 Å². The van der Waals surface area contributed by atoms with Crippen LogP contribution in [0.5, 0.6) is 0 Å². The van der Waals surface area contributed by atoms with E-state index in [1.165, 1.54) is 0 Å². The average molecular weight is 285 g/mol. The van der Waals surface area contributed by atoms with Crippen LogP contribution in [-0.4, -0.2) is 28.1 Å². The number of nitrogens with zero attached hydrogens (tertiary/aromatic N) is 2. The van der Waals surface area contributed by atoms with Gasteiger partial charge in [0.2, 0.25) is 0 Å². The number of rotatable bonds is 4. The second-order valence-electron chi connectivity index (χ2n) is 4.94. The SMILES string of the molecule is CC(O)c1ccc(NC(=O)N(C)Cc2ccncc2)cc1. The zero-order chi connectivity index (χ0) is 15.2. The van der Waals surface area contributed by atoms with E-state index >= 15 is 0 Å². The first-order valence-electron chi connectivity index (χ1n) is 6.75. The molecule has 110 valence electrons. The first kappa shape index (κ1) is 15.0. The van der Waals surface area contributed by atoms with Gasteiger partial charge in [0.25, 0.3) is 0 Å². The maximum atomic E-state index is 12.1. The van der Waals surface area contributed by atoms with E-state index in [1.807, 2.05) is 12.1 Å². The number of anilines is 1. The number of benzene rings is 1. The molecule has 0 aliphatic rings. The summed E-state index contributed by atoms with van der Waals surface area (Å²) in [5.41, 5.74) is 2.54. The summed E-state index contributed by atoms with van der Waals surface area (Å²) in [5, 5.41) is 12.3. The molecule has 1 unspecified atom stereocenters. The molecule has 0 saturated carbocycles. The molecule has 0 spiro atoms. The summed E-state index contributed by atoms with van der Waals surface area (Å²) < 4.78 is 0. The van der Waals surface area contributed by atoms with Crippen LogP contribution in [0.25, 0.3) is 0 Å². The van der Waals surface area contributed by atoms with Gasteiger partial charge in [-0.25, -0.2) is 4.79 Å². The van der Waals surface area contributed by atoms with Crippen LogP contribution in [0.3, 0.4) is 0 Å². The molecule has 2 amide bonds. The van der Waals surface area contributed by atoms with Crippen molar-refractivity contribution in [3.8, 4) is 0 Å². The highest BCUT2D eigenvalue weighted by Gasteiger charge is 2.09. The van der Waals surface area contributed by atoms with Crippen molar-refractivity contribution >= 4 is 11.7 Å². The Kier molecular flexibility index (Phi) is 4.90. The summed E-state index contributed by atoms with van der Waals surface area (Å²) in [5.74, 6) is 0. The first-order chi connectivity index (χ1) is 10.1. The molecule has 1 heterocycles. The molecule has 1 aromatic heterocycles. The van der Waals surface area contributed by atoms with Gasteiger partial charge in [-0.05, 0) is 42.3 Å². The molecule has 2 N–H and O–H groups in total. The number of urea groups is 1. The maximum absolute atomic E-state index is 12.1. The summed E-state index contributed by atoms with van der Waals surface area (Å²) in [4.78, 5) is 17.6. The van der Waals surface area contributed by atoms with Crippen LogP contribution in [0.15, 0.2) is 48.8 Å². The highest BCUT2D eigenvalue weighted by atomic mass is 16.3. The van der Waals surface area contributed by atoms with Crippen molar-refractivity contribution in [2.24, 2.45) is 0 Å². The normalized spacial score (nSPS) is 11.8. The molecule has 0 bridgehead atoms. The molecule has 2 rings (SSSR count). The Bertz CT molecular complexity index is 582. The summed E-state index contributed by atoms with van der Waals surface area (Å²) in [7, 11) is 1.74. The third kappa shape index (κ3) is 4.29. The lowest BCUT2D eigenvalue weighted by molar-refractivity contribution is 0.199. The Morgan fingerprint density at radius 2 is 1.86 bits per heavy atom. The van der Waals surface area contributed by atoms with Gasteiger partial charge in [-0.3, -0.25) is 4.98 Å². The van der Waals surface area contributed by atoms with Crippen LogP contribution < -0.4 is 5.32 Å². The third-order valence-corrected chi connectivity index (χ3v) is 3.16. The van der Waals surface area contributed by atoms with E-state index in [9.17, 15) is 9.90 Å². The van der Waals surface area contributed by atoms with Crippen LogP contribution in [0.2, 0.25) is 0 Å². The topological polar surface area (TPSA) is 65.5 Å². The zero-order valence-electron chi connectivity index (χ0n) is 12.2. The highest BCUT2D eigenvalue weighted by Crippen LogP contribution is 2.16. The second kappa shape index (κ2) is 6.85. The molecule has 0 aliphatic carbocycles. The zero-order valence-corrected chi connectivity index (χ0v) is 12.2. The molecule has 2 aromatic rings. The fraction of sp³-hybridized carbons (Fsp3) is 0.250. The predicted molar refractivity (Wildman–Crippen MR) is 81.8 cm³/mol. The van der Waals surface area contributed by atoms with Crippen LogP contribution in [0, 0.1) is 0 Å². The van der Waals surface area contributed by atoms with Crippen LogP contribution >= 0.6 is 0 Å². The standard InChI is InChI=1S/C16H19N3O2/c1-12(20)14-3-5-15(6-4-14)18-16(21)19(2)11-13-7-9-17-10-8-13/h3-10,12,20H,11H2,1-2H3,(H,18,21). The van der Waals surface area contributed by atoms with E-state index in [2.05, 4.69) is 10.3 Å². The molecule has 1 atom stereocenters. The van der Waals surface area contributed by atoms with Crippen molar-refractivity contribution < 1.29 is 9.90 Å². The number of pyridine rings is 1. The van der Waals surface area contributed by atoms with Crippen molar-refractivity contribution in [3.63, 3.8) is 0 Å². The van der Waals surface area contributed by atoms with Gasteiger partial charge in [0, 0.05) is 31.7 Å². The van der Waals surface area contributed by atoms with Crippen LogP contribution in [0.4, 0.5) is 10.5 Å². The number of carbonyl (C=O) groups excluding carboxylic acids is 1. The summed E-state index contributed by atoms with van der Waals surface area (Å²) >= 11 is 0. The quantitative estimate of drug-likeness (QED) is 0.907. The van der Waals surface area contributed by atoms with Gasteiger partial charge in [0.05, 0.1) is 6.10 Å². The number of aliphatic hydroxyl groups excluding tert-OH is 1. The van der Waals surface area contributed by atoms with Gasteiger partial charge < -0.3 is 15.3 Å². The number of aromatic nitrogens is 1. The number of carbonyl (C=O) groups is 1. The predicted octanol–water partition coefficient (Wildman–Crippen LogP) is 2.80. The molecule has 5 nitrogen and oxygen atoms in total. The Hall–Kier alpha value is -2.40. The minimum Gasteiger partial charge on any atom is -0.389 e. The van der Waals surface area contributed by atoms with Crippen LogP contribution in [0.1, 0.15) is 24.2 Å². The lowest BCUT2D eigenvalue weighted by atomic mass is 10.1. The van der Waals surface area contributed by atoms with Gasteiger partial charge in [-0.2, -0.15) is 0 Å². The fourth-order valence-corrected chi connectivity index (χ4v) is 1.90.